The van der Waals surface area contributed by atoms with Gasteiger partial charge < -0.3 is 81.5 Å². The summed E-state index contributed by atoms with van der Waals surface area (Å²) < 4.78 is 6.20. The molecule has 4 aliphatic carbocycles. The summed E-state index contributed by atoms with van der Waals surface area (Å²) in [6.45, 7) is -6.67. The van der Waals surface area contributed by atoms with E-state index in [0.29, 0.717) is 38.0 Å². The Morgan fingerprint density at radius 3 is 1.22 bits per heavy atom. The molecular formula is C61H95N9O27. The highest BCUT2D eigenvalue weighted by Gasteiger charge is 2.64. The number of nitrogens with zero attached hydrogens (tertiary/aromatic N) is 7. The number of carbonyl (C=O) groups excluding carboxylic acids is 3. The molecule has 546 valence electrons. The van der Waals surface area contributed by atoms with Crippen LogP contribution < -0.4 is 10.6 Å². The first-order valence-electron chi connectivity index (χ1n) is 32.4. The van der Waals surface area contributed by atoms with Gasteiger partial charge in [0.2, 0.25) is 11.8 Å². The van der Waals surface area contributed by atoms with Gasteiger partial charge in [-0.15, -0.1) is 0 Å². The minimum absolute atomic E-state index is 0.0432. The van der Waals surface area contributed by atoms with Crippen LogP contribution in [0.15, 0.2) is 0 Å². The number of aliphatic hydroxyl groups is 1. The van der Waals surface area contributed by atoms with Crippen LogP contribution in [0.3, 0.4) is 0 Å². The number of hydrogen-bond acceptors (Lipinski definition) is 22. The fourth-order valence-corrected chi connectivity index (χ4v) is 16.2. The Hall–Kier alpha value is -7.90. The molecule has 14 atom stereocenters. The van der Waals surface area contributed by atoms with Crippen molar-refractivity contribution in [1.29, 1.82) is 0 Å². The van der Waals surface area contributed by atoms with E-state index in [-0.39, 0.29) is 41.4 Å². The van der Waals surface area contributed by atoms with E-state index in [4.69, 9.17) is 4.74 Å². The second kappa shape index (κ2) is 36.1. The summed E-state index contributed by atoms with van der Waals surface area (Å²) in [6, 6.07) is -3.64. The summed E-state index contributed by atoms with van der Waals surface area (Å²) in [5.41, 5.74) is -0.650. The third-order valence-corrected chi connectivity index (χ3v) is 20.9. The van der Waals surface area contributed by atoms with E-state index in [1.165, 1.54) is 0 Å². The second-order valence-corrected chi connectivity index (χ2v) is 27.0. The Bertz CT molecular complexity index is 2600. The van der Waals surface area contributed by atoms with Crippen LogP contribution in [-0.2, 0) is 67.1 Å². The van der Waals surface area contributed by atoms with Crippen molar-refractivity contribution in [2.24, 2.45) is 58.2 Å². The van der Waals surface area contributed by atoms with Gasteiger partial charge in [-0.25, -0.2) is 4.79 Å². The van der Waals surface area contributed by atoms with Gasteiger partial charge in [0.25, 0.3) is 0 Å². The summed E-state index contributed by atoms with van der Waals surface area (Å²) in [7, 11) is 0. The summed E-state index contributed by atoms with van der Waals surface area (Å²) in [5.74, 6) is -20.1. The highest BCUT2D eigenvalue weighted by Crippen LogP contribution is 2.68. The number of carboxylic acid groups (broad SMARTS) is 11. The van der Waals surface area contributed by atoms with Gasteiger partial charge in [-0.1, -0.05) is 20.8 Å². The number of rotatable bonds is 43. The lowest BCUT2D eigenvalue weighted by molar-refractivity contribution is -0.175. The number of amides is 3. The van der Waals surface area contributed by atoms with E-state index in [0.717, 1.165) is 60.0 Å². The number of carboxylic acids is 11. The van der Waals surface area contributed by atoms with Gasteiger partial charge in [0.15, 0.2) is 0 Å². The van der Waals surface area contributed by atoms with Crippen molar-refractivity contribution >= 4 is 83.6 Å². The number of likely N-dealkylation sites (tertiary alicyclic amines) is 1. The molecule has 0 aromatic carbocycles. The molecule has 0 aromatic rings. The number of fused-ring (bicyclic) bond motifs is 5. The molecule has 0 bridgehead atoms. The van der Waals surface area contributed by atoms with Crippen LogP contribution in [0.4, 0.5) is 4.79 Å². The van der Waals surface area contributed by atoms with Crippen molar-refractivity contribution in [2.45, 2.75) is 109 Å². The molecule has 5 fully saturated rings. The van der Waals surface area contributed by atoms with Crippen LogP contribution in [0.1, 0.15) is 85.0 Å². The summed E-state index contributed by atoms with van der Waals surface area (Å²) in [4.78, 5) is 182. The Morgan fingerprint density at radius 1 is 0.485 bits per heavy atom. The average molecular weight is 1390 g/mol. The van der Waals surface area contributed by atoms with Crippen molar-refractivity contribution in [2.75, 3.05) is 131 Å². The lowest BCUT2D eigenvalue weighted by Gasteiger charge is -2.62. The van der Waals surface area contributed by atoms with Gasteiger partial charge in [0.05, 0.1) is 70.3 Å². The molecule has 36 nitrogen and oxygen atoms in total. The minimum atomic E-state index is -1.82. The summed E-state index contributed by atoms with van der Waals surface area (Å²) in [6.07, 6.45) is 3.78. The molecule has 2 unspecified atom stereocenters. The Kier molecular flexibility index (Phi) is 29.7. The zero-order chi connectivity index (χ0) is 72.4. The van der Waals surface area contributed by atoms with E-state index >= 15 is 0 Å². The fraction of sp³-hybridized carbons (Fsp3) is 0.770. The third-order valence-electron chi connectivity index (χ3n) is 20.9. The topological polar surface area (TPSA) is 538 Å². The van der Waals surface area contributed by atoms with Gasteiger partial charge in [0.1, 0.15) is 18.2 Å². The van der Waals surface area contributed by atoms with Crippen LogP contribution in [0, 0.1) is 58.2 Å². The first-order valence-corrected chi connectivity index (χ1v) is 32.4. The summed E-state index contributed by atoms with van der Waals surface area (Å²) >= 11 is 0. The molecule has 0 aromatic heterocycles. The van der Waals surface area contributed by atoms with Crippen LogP contribution in [0.25, 0.3) is 0 Å². The molecule has 1 aliphatic heterocycles. The summed E-state index contributed by atoms with van der Waals surface area (Å²) in [5, 5.41) is 124. The number of nitrogens with one attached hydrogen (secondary N) is 2. The van der Waals surface area contributed by atoms with E-state index in [2.05, 4.69) is 31.4 Å². The first-order chi connectivity index (χ1) is 45.4. The lowest BCUT2D eigenvalue weighted by atomic mass is 9.43. The largest absolute Gasteiger partial charge is 0.481 e. The molecule has 36 heteroatoms. The molecule has 1 heterocycles. The number of ether oxygens (including phenoxy) is 1. The van der Waals surface area contributed by atoms with Crippen LogP contribution in [-0.4, -0.2) is 334 Å². The van der Waals surface area contributed by atoms with E-state index in [1.54, 1.807) is 0 Å². The molecule has 1 saturated heterocycles. The van der Waals surface area contributed by atoms with E-state index in [9.17, 15) is 128 Å². The van der Waals surface area contributed by atoms with Gasteiger partial charge in [-0.3, -0.25) is 91.7 Å². The quantitative estimate of drug-likeness (QED) is 0.0308. The SMILES string of the molecule is C[C@H](CCC(=O)O)[C@H]1CC[C@H]2[C@@H]3CC[C@H]4C[C@@H](OC(=O)N5C[C@H](C(=O)NCC(C(=O)O)N(CCN(CC(=O)O)CC(=O)O)CCN(CC(=O)O)CC(=O)O)[C@H](C(=O)NCC(C(=O)O)N(CCN(CC(=O)O)CC(=O)O)CCN(CC(=O)O)CC(=O)O)C5)CC[C@]4(C)[C@H]3C[C@@H](O)[C@]12C. The lowest BCUT2D eigenvalue weighted by Crippen LogP contribution is -2.59. The molecule has 14 N–H and O–H groups in total. The van der Waals surface area contributed by atoms with Gasteiger partial charge in [-0.05, 0) is 104 Å². The molecule has 3 amide bonds. The van der Waals surface area contributed by atoms with Crippen molar-refractivity contribution in [3.05, 3.63) is 0 Å². The van der Waals surface area contributed by atoms with Gasteiger partial charge in [-0.2, -0.15) is 0 Å². The Morgan fingerprint density at radius 2 is 0.866 bits per heavy atom. The number of aliphatic hydroxyl groups excluding tert-OH is 1. The highest BCUT2D eigenvalue weighted by atomic mass is 16.6. The maximum atomic E-state index is 14.7. The third kappa shape index (κ3) is 22.8. The van der Waals surface area contributed by atoms with Crippen molar-refractivity contribution in [3.8, 4) is 0 Å². The smallest absolute Gasteiger partial charge is 0.410 e. The maximum absolute atomic E-state index is 14.7. The van der Waals surface area contributed by atoms with E-state index in [1.807, 2.05) is 0 Å². The van der Waals surface area contributed by atoms with Crippen molar-refractivity contribution in [1.82, 2.24) is 44.9 Å². The molecule has 0 radical (unpaired) electrons. The average Bonchev–Trinajstić information content (AvgIpc) is 1.68. The highest BCUT2D eigenvalue weighted by molar-refractivity contribution is 5.90. The minimum Gasteiger partial charge on any atom is -0.481 e. The number of hydrogen-bond donors (Lipinski definition) is 14. The van der Waals surface area contributed by atoms with Crippen LogP contribution in [0.5, 0.6) is 0 Å². The Labute approximate surface area is 558 Å². The predicted octanol–water partition coefficient (Wildman–Crippen LogP) is -2.20. The van der Waals surface area contributed by atoms with Gasteiger partial charge >= 0.3 is 71.8 Å². The maximum Gasteiger partial charge on any atom is 0.410 e. The molecule has 5 aliphatic rings. The van der Waals surface area contributed by atoms with Crippen LogP contribution >= 0.6 is 0 Å². The van der Waals surface area contributed by atoms with Gasteiger partial charge in [0, 0.05) is 85.0 Å². The van der Waals surface area contributed by atoms with Crippen LogP contribution in [0.2, 0.25) is 0 Å². The zero-order valence-electron chi connectivity index (χ0n) is 54.8. The molecule has 0 spiro atoms. The van der Waals surface area contributed by atoms with Crippen molar-refractivity contribution < 1.29 is 133 Å². The predicted molar refractivity (Wildman–Crippen MR) is 330 cm³/mol. The first kappa shape index (κ1) is 79.8. The zero-order valence-corrected chi connectivity index (χ0v) is 54.8. The standard InChI is InChI=1S/C61H95N9O27/c1-34(4-9-46(72)73)40-7-8-41-37-6-5-35-20-36(10-11-60(35,2)42(37)21-45(71)61(40,41)3)97-59(96)70-24-38(55(90)62-22-43(57(92)93)68(16-12-64(26-47(74)75)27-48(76)77)17-13-65(28-49(78)79)29-50(80)81)39(25-70)56(91)63-23-44(58(94)95)69(18-14-66(30-51(82)83)31-52(84)85)19-15-67(32-53(86)87)33-54(88)89/h34-45,71H,4-33H2,1-3H3,(H,62,90)(H,63,91)(H,72,73)(H,74,75)(H,76,77)(H,78,79)(H,80,81)(H,82,83)(H,84,85)(H,86,87)(H,88,89)(H,92,93)(H,94,95)/t34-,35+,36+,37+,38-,39+,40-,41+,42+,43?,44?,45-,60+,61-/m1/s1. The molecule has 97 heavy (non-hydrogen) atoms. The monoisotopic (exact) mass is 1390 g/mol. The Balaban J connectivity index is 1.43. The fourth-order valence-electron chi connectivity index (χ4n) is 16.2. The normalized spacial score (nSPS) is 26.1. The van der Waals surface area contributed by atoms with Crippen molar-refractivity contribution in [3.63, 3.8) is 0 Å². The van der Waals surface area contributed by atoms with E-state index < -0.39 is 256 Å². The second-order valence-electron chi connectivity index (χ2n) is 27.0. The number of aliphatic carboxylic acids is 11. The molecule has 4 saturated carbocycles. The molecule has 5 rings (SSSR count). The number of carbonyl (C=O) groups is 14. The molecular weight excluding hydrogens is 1290 g/mol.